The highest BCUT2D eigenvalue weighted by Gasteiger charge is 2.25. The van der Waals surface area contributed by atoms with E-state index in [1.165, 1.54) is 31.4 Å². The van der Waals surface area contributed by atoms with Gasteiger partial charge in [-0.3, -0.25) is 14.6 Å². The highest BCUT2D eigenvalue weighted by molar-refractivity contribution is 5.78. The minimum absolute atomic E-state index is 0.289. The van der Waals surface area contributed by atoms with Crippen LogP contribution in [0.25, 0.3) is 0 Å². The Morgan fingerprint density at radius 2 is 1.59 bits per heavy atom. The van der Waals surface area contributed by atoms with Crippen molar-refractivity contribution in [3.8, 4) is 5.75 Å². The normalized spacial score (nSPS) is 22.2. The van der Waals surface area contributed by atoms with E-state index in [1.54, 1.807) is 7.11 Å². The molecule has 7 heteroatoms. The predicted molar refractivity (Wildman–Crippen MR) is 126 cm³/mol. The van der Waals surface area contributed by atoms with E-state index >= 15 is 0 Å². The van der Waals surface area contributed by atoms with E-state index in [0.717, 1.165) is 83.8 Å². The monoisotopic (exact) mass is 444 g/mol. The van der Waals surface area contributed by atoms with E-state index < -0.39 is 0 Å². The number of carbonyl (C=O) groups is 1. The van der Waals surface area contributed by atoms with E-state index in [1.807, 2.05) is 12.1 Å². The first-order valence-electron chi connectivity index (χ1n) is 12.4. The Morgan fingerprint density at radius 3 is 2.31 bits per heavy atom. The van der Waals surface area contributed by atoms with Gasteiger partial charge in [-0.15, -0.1) is 0 Å². The highest BCUT2D eigenvalue weighted by Crippen LogP contribution is 2.21. The van der Waals surface area contributed by atoms with E-state index in [9.17, 15) is 4.79 Å². The highest BCUT2D eigenvalue weighted by atomic mass is 16.5. The number of ether oxygens (including phenoxy) is 2. The maximum atomic E-state index is 12.9. The molecule has 1 aromatic carbocycles. The third kappa shape index (κ3) is 6.67. The molecular weight excluding hydrogens is 404 g/mol. The average molecular weight is 445 g/mol. The summed E-state index contributed by atoms with van der Waals surface area (Å²) in [6.07, 6.45) is 3.74. The number of piperazine rings is 2. The van der Waals surface area contributed by atoms with Crippen LogP contribution in [-0.2, 0) is 16.1 Å². The Labute approximate surface area is 193 Å². The SMILES string of the molecule is COc1ccccc1CN1CCN(C(=O)CN2CCN(CCC3CCOCC3)CC2)CC1. The summed E-state index contributed by atoms with van der Waals surface area (Å²) in [4.78, 5) is 22.3. The fraction of sp³-hybridized carbons (Fsp3) is 0.720. The molecule has 0 bridgehead atoms. The average Bonchev–Trinajstić information content (AvgIpc) is 2.85. The van der Waals surface area contributed by atoms with Crippen molar-refractivity contribution in [2.45, 2.75) is 25.8 Å². The Morgan fingerprint density at radius 1 is 0.938 bits per heavy atom. The third-order valence-corrected chi connectivity index (χ3v) is 7.33. The molecule has 3 aliphatic rings. The summed E-state index contributed by atoms with van der Waals surface area (Å²) in [7, 11) is 1.72. The van der Waals surface area contributed by atoms with E-state index in [-0.39, 0.29) is 5.91 Å². The van der Waals surface area contributed by atoms with Crippen LogP contribution < -0.4 is 4.74 Å². The molecule has 4 rings (SSSR count). The number of methoxy groups -OCH3 is 1. The van der Waals surface area contributed by atoms with Crippen molar-refractivity contribution in [1.29, 1.82) is 0 Å². The molecular formula is C25H40N4O3. The van der Waals surface area contributed by atoms with Gasteiger partial charge < -0.3 is 19.3 Å². The molecule has 0 aromatic heterocycles. The summed E-state index contributed by atoms with van der Waals surface area (Å²) in [5, 5.41) is 0. The van der Waals surface area contributed by atoms with Crippen LogP contribution in [0.2, 0.25) is 0 Å². The topological polar surface area (TPSA) is 48.5 Å². The van der Waals surface area contributed by atoms with Crippen molar-refractivity contribution < 1.29 is 14.3 Å². The van der Waals surface area contributed by atoms with Crippen LogP contribution in [0, 0.1) is 5.92 Å². The quantitative estimate of drug-likeness (QED) is 0.609. The second kappa shape index (κ2) is 12.0. The first kappa shape index (κ1) is 23.5. The molecule has 0 aliphatic carbocycles. The lowest BCUT2D eigenvalue weighted by Crippen LogP contribution is -2.53. The second-order valence-electron chi connectivity index (χ2n) is 9.43. The summed E-state index contributed by atoms with van der Waals surface area (Å²) in [6, 6.07) is 8.20. The van der Waals surface area contributed by atoms with Crippen molar-refractivity contribution in [2.24, 2.45) is 5.92 Å². The molecule has 0 unspecified atom stereocenters. The molecule has 3 saturated heterocycles. The minimum atomic E-state index is 0.289. The van der Waals surface area contributed by atoms with Gasteiger partial charge in [-0.25, -0.2) is 0 Å². The molecule has 1 aromatic rings. The number of hydrogen-bond donors (Lipinski definition) is 0. The molecule has 3 fully saturated rings. The smallest absolute Gasteiger partial charge is 0.236 e. The Balaban J connectivity index is 1.13. The van der Waals surface area contributed by atoms with E-state index in [4.69, 9.17) is 9.47 Å². The first-order chi connectivity index (χ1) is 15.7. The molecule has 0 spiro atoms. The summed E-state index contributed by atoms with van der Waals surface area (Å²) in [5.41, 5.74) is 1.21. The molecule has 3 heterocycles. The van der Waals surface area contributed by atoms with Crippen molar-refractivity contribution in [3.05, 3.63) is 29.8 Å². The standard InChI is InChI=1S/C25H40N4O3/c1-31-24-5-3-2-4-23(24)20-27-14-16-29(17-15-27)25(30)21-28-12-10-26(11-13-28)9-6-22-7-18-32-19-8-22/h2-5,22H,6-21H2,1H3. The summed E-state index contributed by atoms with van der Waals surface area (Å²) in [5.74, 6) is 2.07. The number of hydrogen-bond acceptors (Lipinski definition) is 6. The van der Waals surface area contributed by atoms with Crippen molar-refractivity contribution in [1.82, 2.24) is 19.6 Å². The summed E-state index contributed by atoms with van der Waals surface area (Å²) >= 11 is 0. The van der Waals surface area contributed by atoms with E-state index in [2.05, 4.69) is 31.7 Å². The van der Waals surface area contributed by atoms with Crippen LogP contribution in [0.5, 0.6) is 5.75 Å². The van der Waals surface area contributed by atoms with Crippen molar-refractivity contribution in [2.75, 3.05) is 85.8 Å². The van der Waals surface area contributed by atoms with Gasteiger partial charge in [-0.1, -0.05) is 18.2 Å². The molecule has 178 valence electrons. The zero-order chi connectivity index (χ0) is 22.2. The zero-order valence-corrected chi connectivity index (χ0v) is 19.7. The van der Waals surface area contributed by atoms with Gasteiger partial charge in [0.2, 0.25) is 5.91 Å². The number of benzene rings is 1. The zero-order valence-electron chi connectivity index (χ0n) is 19.7. The summed E-state index contributed by atoms with van der Waals surface area (Å²) < 4.78 is 10.9. The largest absolute Gasteiger partial charge is 0.496 e. The fourth-order valence-corrected chi connectivity index (χ4v) is 5.09. The van der Waals surface area contributed by atoms with E-state index in [0.29, 0.717) is 6.54 Å². The maximum Gasteiger partial charge on any atom is 0.236 e. The number of carbonyl (C=O) groups excluding carboxylic acids is 1. The van der Waals surface area contributed by atoms with Crippen LogP contribution in [0.3, 0.4) is 0 Å². The van der Waals surface area contributed by atoms with Crippen LogP contribution >= 0.6 is 0 Å². The lowest BCUT2D eigenvalue weighted by molar-refractivity contribution is -0.134. The molecule has 32 heavy (non-hydrogen) atoms. The van der Waals surface area contributed by atoms with Gasteiger partial charge in [0.25, 0.3) is 0 Å². The van der Waals surface area contributed by atoms with Crippen LogP contribution in [0.4, 0.5) is 0 Å². The van der Waals surface area contributed by atoms with Crippen molar-refractivity contribution in [3.63, 3.8) is 0 Å². The molecule has 0 saturated carbocycles. The van der Waals surface area contributed by atoms with Gasteiger partial charge in [-0.05, 0) is 37.8 Å². The fourth-order valence-electron chi connectivity index (χ4n) is 5.09. The van der Waals surface area contributed by atoms with Gasteiger partial charge in [0.15, 0.2) is 0 Å². The van der Waals surface area contributed by atoms with Crippen LogP contribution in [-0.4, -0.2) is 111 Å². The first-order valence-corrected chi connectivity index (χ1v) is 12.4. The number of amides is 1. The Hall–Kier alpha value is -1.67. The lowest BCUT2D eigenvalue weighted by Gasteiger charge is -2.38. The van der Waals surface area contributed by atoms with Crippen molar-refractivity contribution >= 4 is 5.91 Å². The molecule has 0 N–H and O–H groups in total. The molecule has 1 amide bonds. The van der Waals surface area contributed by atoms with Gasteiger partial charge >= 0.3 is 0 Å². The molecule has 7 nitrogen and oxygen atoms in total. The number of rotatable bonds is 8. The second-order valence-corrected chi connectivity index (χ2v) is 9.43. The van der Waals surface area contributed by atoms with Gasteiger partial charge in [-0.2, -0.15) is 0 Å². The number of para-hydroxylation sites is 1. The Bertz CT molecular complexity index is 709. The molecule has 0 atom stereocenters. The predicted octanol–water partition coefficient (Wildman–Crippen LogP) is 1.77. The molecule has 0 radical (unpaired) electrons. The van der Waals surface area contributed by atoms with Crippen LogP contribution in [0.1, 0.15) is 24.8 Å². The lowest BCUT2D eigenvalue weighted by atomic mass is 9.96. The Kier molecular flexibility index (Phi) is 8.79. The van der Waals surface area contributed by atoms with Gasteiger partial charge in [0, 0.05) is 77.7 Å². The van der Waals surface area contributed by atoms with Crippen LogP contribution in [0.15, 0.2) is 24.3 Å². The number of nitrogens with zero attached hydrogens (tertiary/aromatic N) is 4. The maximum absolute atomic E-state index is 12.9. The van der Waals surface area contributed by atoms with Gasteiger partial charge in [0.05, 0.1) is 13.7 Å². The third-order valence-electron chi connectivity index (χ3n) is 7.33. The minimum Gasteiger partial charge on any atom is -0.496 e. The van der Waals surface area contributed by atoms with Gasteiger partial charge in [0.1, 0.15) is 5.75 Å². The molecule has 3 aliphatic heterocycles. The summed E-state index contributed by atoms with van der Waals surface area (Å²) in [6.45, 7) is 12.2.